The summed E-state index contributed by atoms with van der Waals surface area (Å²) >= 11 is 0. The summed E-state index contributed by atoms with van der Waals surface area (Å²) in [5, 5.41) is 14.3. The number of nitrogen functional groups attached to an aromatic ring is 1. The molecule has 0 unspecified atom stereocenters. The Morgan fingerprint density at radius 1 is 1.27 bits per heavy atom. The average Bonchev–Trinajstić information content (AvgIpc) is 3.09. The van der Waals surface area contributed by atoms with E-state index < -0.39 is 16.7 Å². The van der Waals surface area contributed by atoms with E-state index >= 15 is 0 Å². The number of hydrogen-bond acceptors (Lipinski definition) is 8. The summed E-state index contributed by atoms with van der Waals surface area (Å²) < 4.78 is 23.0. The molecule has 2 N–H and O–H groups in total. The van der Waals surface area contributed by atoms with Crippen molar-refractivity contribution in [1.29, 1.82) is 0 Å². The summed E-state index contributed by atoms with van der Waals surface area (Å²) in [7, 11) is 0. The number of aromatic nitrogens is 2. The number of esters is 1. The summed E-state index contributed by atoms with van der Waals surface area (Å²) in [6.45, 7) is -0.292. The van der Waals surface area contributed by atoms with E-state index in [1.807, 2.05) is 0 Å². The van der Waals surface area contributed by atoms with Crippen molar-refractivity contribution >= 4 is 17.3 Å². The molecule has 9 nitrogen and oxygen atoms in total. The Morgan fingerprint density at radius 3 is 2.65 bits per heavy atom. The normalized spacial score (nSPS) is 10.5. The number of ether oxygens (including phenoxy) is 1. The van der Waals surface area contributed by atoms with Crippen molar-refractivity contribution in [1.82, 2.24) is 10.1 Å². The summed E-state index contributed by atoms with van der Waals surface area (Å²) in [6, 6.07) is 8.85. The van der Waals surface area contributed by atoms with Crippen LogP contribution in [0.1, 0.15) is 16.2 Å². The lowest BCUT2D eigenvalue weighted by atomic mass is 10.1. The molecule has 0 saturated heterocycles. The van der Waals surface area contributed by atoms with Gasteiger partial charge < -0.3 is 15.0 Å². The van der Waals surface area contributed by atoms with E-state index in [1.165, 1.54) is 30.3 Å². The molecule has 0 bridgehead atoms. The second-order valence-electron chi connectivity index (χ2n) is 5.13. The molecule has 0 aliphatic carbocycles. The molecule has 2 aromatic carbocycles. The molecule has 0 atom stereocenters. The van der Waals surface area contributed by atoms with E-state index in [0.717, 1.165) is 12.1 Å². The van der Waals surface area contributed by atoms with Gasteiger partial charge in [-0.15, -0.1) is 0 Å². The molecular formula is C16H11FN4O5. The zero-order valence-corrected chi connectivity index (χ0v) is 13.1. The van der Waals surface area contributed by atoms with E-state index in [9.17, 15) is 19.3 Å². The van der Waals surface area contributed by atoms with Gasteiger partial charge in [0.05, 0.1) is 16.2 Å². The van der Waals surface area contributed by atoms with Gasteiger partial charge in [-0.3, -0.25) is 10.1 Å². The summed E-state index contributed by atoms with van der Waals surface area (Å²) in [5.74, 6) is -0.947. The third-order valence-electron chi connectivity index (χ3n) is 3.36. The minimum atomic E-state index is -0.787. The zero-order valence-electron chi connectivity index (χ0n) is 13.1. The first-order valence-electron chi connectivity index (χ1n) is 7.23. The predicted molar refractivity (Wildman–Crippen MR) is 86.3 cm³/mol. The number of nitro groups is 1. The number of hydrogen-bond donors (Lipinski definition) is 1. The molecule has 1 aromatic heterocycles. The highest BCUT2D eigenvalue weighted by molar-refractivity contribution is 5.95. The summed E-state index contributed by atoms with van der Waals surface area (Å²) in [6.07, 6.45) is 0. The standard InChI is InChI=1S/C16H11FN4O5/c17-10-3-1-9(2-4-10)15-19-14(20-26-15)8-25-16(22)12-6-5-11(21(23)24)7-13(12)18/h1-7H,8,18H2. The molecule has 0 saturated carbocycles. The highest BCUT2D eigenvalue weighted by Gasteiger charge is 2.17. The van der Waals surface area contributed by atoms with Crippen LogP contribution in [-0.4, -0.2) is 21.0 Å². The molecule has 0 radical (unpaired) electrons. The number of anilines is 1. The summed E-state index contributed by atoms with van der Waals surface area (Å²) in [5.41, 5.74) is 5.82. The van der Waals surface area contributed by atoms with Crippen LogP contribution in [0.25, 0.3) is 11.5 Å². The van der Waals surface area contributed by atoms with Gasteiger partial charge in [0.15, 0.2) is 6.61 Å². The maximum atomic E-state index is 12.9. The smallest absolute Gasteiger partial charge is 0.340 e. The second-order valence-corrected chi connectivity index (χ2v) is 5.13. The van der Waals surface area contributed by atoms with Crippen LogP contribution in [-0.2, 0) is 11.3 Å². The lowest BCUT2D eigenvalue weighted by molar-refractivity contribution is -0.384. The Balaban J connectivity index is 1.67. The molecule has 10 heteroatoms. The number of benzene rings is 2. The second kappa shape index (κ2) is 6.97. The van der Waals surface area contributed by atoms with Crippen molar-refractivity contribution < 1.29 is 23.4 Å². The van der Waals surface area contributed by atoms with Gasteiger partial charge in [-0.25, -0.2) is 9.18 Å². The van der Waals surface area contributed by atoms with E-state index in [2.05, 4.69) is 10.1 Å². The number of carbonyl (C=O) groups excluding carboxylic acids is 1. The van der Waals surface area contributed by atoms with Gasteiger partial charge in [0.25, 0.3) is 11.6 Å². The van der Waals surface area contributed by atoms with Crippen molar-refractivity contribution in [2.45, 2.75) is 6.61 Å². The number of nitrogens with two attached hydrogens (primary N) is 1. The van der Waals surface area contributed by atoms with Gasteiger partial charge in [0.1, 0.15) is 5.82 Å². The molecule has 0 aliphatic rings. The third-order valence-corrected chi connectivity index (χ3v) is 3.36. The van der Waals surface area contributed by atoms with Gasteiger partial charge in [0.2, 0.25) is 5.82 Å². The highest BCUT2D eigenvalue weighted by Crippen LogP contribution is 2.21. The Kier molecular flexibility index (Phi) is 4.56. The Hall–Kier alpha value is -3.82. The minimum Gasteiger partial charge on any atom is -0.454 e. The molecule has 1 heterocycles. The fourth-order valence-corrected chi connectivity index (χ4v) is 2.08. The zero-order chi connectivity index (χ0) is 18.7. The number of non-ortho nitro benzene ring substituents is 1. The molecule has 0 spiro atoms. The quantitative estimate of drug-likeness (QED) is 0.318. The van der Waals surface area contributed by atoms with Crippen LogP contribution in [0.2, 0.25) is 0 Å². The van der Waals surface area contributed by atoms with Crippen LogP contribution in [0.3, 0.4) is 0 Å². The molecule has 3 rings (SSSR count). The first-order chi connectivity index (χ1) is 12.4. The van der Waals surface area contributed by atoms with Crippen LogP contribution in [0.4, 0.5) is 15.8 Å². The SMILES string of the molecule is Nc1cc([N+](=O)[O-])ccc1C(=O)OCc1noc(-c2ccc(F)cc2)n1. The van der Waals surface area contributed by atoms with Gasteiger partial charge in [-0.2, -0.15) is 4.98 Å². The van der Waals surface area contributed by atoms with Gasteiger partial charge in [-0.1, -0.05) is 5.16 Å². The topological polar surface area (TPSA) is 134 Å². The molecule has 3 aromatic rings. The molecule has 0 fully saturated rings. The Morgan fingerprint density at radius 2 is 2.00 bits per heavy atom. The van der Waals surface area contributed by atoms with Gasteiger partial charge in [0, 0.05) is 17.7 Å². The third kappa shape index (κ3) is 3.64. The lowest BCUT2D eigenvalue weighted by Crippen LogP contribution is -2.09. The van der Waals surface area contributed by atoms with Gasteiger partial charge >= 0.3 is 5.97 Å². The number of rotatable bonds is 5. The van der Waals surface area contributed by atoms with Crippen LogP contribution < -0.4 is 5.73 Å². The Labute approximate surface area is 145 Å². The number of carbonyl (C=O) groups is 1. The van der Waals surface area contributed by atoms with E-state index in [4.69, 9.17) is 15.0 Å². The van der Waals surface area contributed by atoms with Crippen LogP contribution in [0.15, 0.2) is 47.0 Å². The molecule has 0 aliphatic heterocycles. The molecule has 0 amide bonds. The van der Waals surface area contributed by atoms with Crippen LogP contribution in [0, 0.1) is 15.9 Å². The maximum Gasteiger partial charge on any atom is 0.340 e. The Bertz CT molecular complexity index is 971. The number of halogens is 1. The monoisotopic (exact) mass is 358 g/mol. The highest BCUT2D eigenvalue weighted by atomic mass is 19.1. The van der Waals surface area contributed by atoms with Crippen LogP contribution in [0.5, 0.6) is 0 Å². The van der Waals surface area contributed by atoms with Crippen LogP contribution >= 0.6 is 0 Å². The first kappa shape index (κ1) is 17.0. The predicted octanol–water partition coefficient (Wildman–Crippen LogP) is 2.72. The van der Waals surface area contributed by atoms with Crippen molar-refractivity contribution in [2.24, 2.45) is 0 Å². The maximum absolute atomic E-state index is 12.9. The summed E-state index contributed by atoms with van der Waals surface area (Å²) in [4.78, 5) is 26.1. The fraction of sp³-hybridized carbons (Fsp3) is 0.0625. The van der Waals surface area contributed by atoms with E-state index in [1.54, 1.807) is 0 Å². The molecule has 132 valence electrons. The fourth-order valence-electron chi connectivity index (χ4n) is 2.08. The van der Waals surface area contributed by atoms with Crippen molar-refractivity contribution in [3.8, 4) is 11.5 Å². The molecule has 26 heavy (non-hydrogen) atoms. The van der Waals surface area contributed by atoms with E-state index in [-0.39, 0.29) is 35.3 Å². The van der Waals surface area contributed by atoms with Crippen molar-refractivity contribution in [3.05, 3.63) is 69.8 Å². The number of nitro benzene ring substituents is 1. The molecular weight excluding hydrogens is 347 g/mol. The number of nitrogens with zero attached hydrogens (tertiary/aromatic N) is 3. The lowest BCUT2D eigenvalue weighted by Gasteiger charge is -2.04. The average molecular weight is 358 g/mol. The van der Waals surface area contributed by atoms with Crippen molar-refractivity contribution in [2.75, 3.05) is 5.73 Å². The first-order valence-corrected chi connectivity index (χ1v) is 7.23. The van der Waals surface area contributed by atoms with E-state index in [0.29, 0.717) is 5.56 Å². The largest absolute Gasteiger partial charge is 0.454 e. The van der Waals surface area contributed by atoms with Gasteiger partial charge in [-0.05, 0) is 30.3 Å². The minimum absolute atomic E-state index is 0.0159. The van der Waals surface area contributed by atoms with Crippen molar-refractivity contribution in [3.63, 3.8) is 0 Å².